The molecule has 1 fully saturated rings. The maximum Gasteiger partial charge on any atom is 0.409 e. The summed E-state index contributed by atoms with van der Waals surface area (Å²) in [6.45, 7) is 6.22. The predicted molar refractivity (Wildman–Crippen MR) is 108 cm³/mol. The molecule has 0 atom stereocenters. The fourth-order valence-corrected chi connectivity index (χ4v) is 3.04. The molecule has 1 aromatic carbocycles. The molecule has 28 heavy (non-hydrogen) atoms. The average molecular weight is 411 g/mol. The largest absolute Gasteiger partial charge is 0.493 e. The van der Waals surface area contributed by atoms with Gasteiger partial charge in [-0.2, -0.15) is 0 Å². The van der Waals surface area contributed by atoms with Gasteiger partial charge >= 0.3 is 6.09 Å². The number of ether oxygens (including phenoxy) is 3. The van der Waals surface area contributed by atoms with Crippen LogP contribution in [0.3, 0.4) is 0 Å². The van der Waals surface area contributed by atoms with Crippen LogP contribution in [0.25, 0.3) is 6.08 Å². The summed E-state index contributed by atoms with van der Waals surface area (Å²) in [5, 5.41) is 0.405. The number of nitrogens with zero attached hydrogens (tertiary/aromatic N) is 2. The summed E-state index contributed by atoms with van der Waals surface area (Å²) in [5.74, 6) is 1.12. The summed E-state index contributed by atoms with van der Waals surface area (Å²) in [5.41, 5.74) is 0.729. The first-order valence-corrected chi connectivity index (χ1v) is 9.53. The summed E-state index contributed by atoms with van der Waals surface area (Å²) >= 11 is 6.18. The molecule has 2 rings (SSSR count). The highest BCUT2D eigenvalue weighted by Crippen LogP contribution is 2.36. The quantitative estimate of drug-likeness (QED) is 0.673. The van der Waals surface area contributed by atoms with Crippen molar-refractivity contribution in [2.24, 2.45) is 5.92 Å². The molecule has 0 radical (unpaired) electrons. The van der Waals surface area contributed by atoms with Crippen LogP contribution in [0.4, 0.5) is 4.79 Å². The molecule has 2 amide bonds. The molecule has 0 saturated carbocycles. The van der Waals surface area contributed by atoms with Crippen molar-refractivity contribution in [1.29, 1.82) is 0 Å². The molecular formula is C20H27ClN2O5. The van der Waals surface area contributed by atoms with Crippen LogP contribution in [0.15, 0.2) is 18.2 Å². The molecule has 1 aliphatic rings. The topological polar surface area (TPSA) is 68.3 Å². The van der Waals surface area contributed by atoms with Gasteiger partial charge in [-0.15, -0.1) is 0 Å². The van der Waals surface area contributed by atoms with Crippen molar-refractivity contribution < 1.29 is 23.8 Å². The first-order valence-electron chi connectivity index (χ1n) is 9.16. The fourth-order valence-electron chi connectivity index (χ4n) is 2.75. The summed E-state index contributed by atoms with van der Waals surface area (Å²) in [6, 6.07) is 3.45. The smallest absolute Gasteiger partial charge is 0.409 e. The monoisotopic (exact) mass is 410 g/mol. The van der Waals surface area contributed by atoms with Gasteiger partial charge in [0, 0.05) is 32.3 Å². The van der Waals surface area contributed by atoms with Gasteiger partial charge < -0.3 is 24.0 Å². The van der Waals surface area contributed by atoms with E-state index in [4.69, 9.17) is 25.8 Å². The van der Waals surface area contributed by atoms with Crippen molar-refractivity contribution >= 4 is 29.7 Å². The molecule has 1 saturated heterocycles. The Labute approximate surface area is 170 Å². The van der Waals surface area contributed by atoms with E-state index in [1.165, 1.54) is 20.3 Å². The van der Waals surface area contributed by atoms with E-state index < -0.39 is 0 Å². The molecule has 1 heterocycles. The van der Waals surface area contributed by atoms with E-state index in [2.05, 4.69) is 0 Å². The third-order valence-corrected chi connectivity index (χ3v) is 4.54. The lowest BCUT2D eigenvalue weighted by molar-refractivity contribution is -0.127. The highest BCUT2D eigenvalue weighted by atomic mass is 35.5. The van der Waals surface area contributed by atoms with Gasteiger partial charge in [0.15, 0.2) is 11.5 Å². The van der Waals surface area contributed by atoms with E-state index in [1.807, 2.05) is 13.8 Å². The number of piperazine rings is 1. The zero-order valence-electron chi connectivity index (χ0n) is 16.7. The third kappa shape index (κ3) is 5.79. The molecule has 8 heteroatoms. The first kappa shape index (κ1) is 21.9. The molecular weight excluding hydrogens is 384 g/mol. The third-order valence-electron chi connectivity index (χ3n) is 4.26. The van der Waals surface area contributed by atoms with E-state index in [-0.39, 0.29) is 12.0 Å². The second-order valence-corrected chi connectivity index (χ2v) is 7.26. The minimum atomic E-state index is -0.323. The van der Waals surface area contributed by atoms with E-state index in [9.17, 15) is 9.59 Å². The van der Waals surface area contributed by atoms with Crippen LogP contribution in [-0.4, -0.2) is 68.8 Å². The van der Waals surface area contributed by atoms with Gasteiger partial charge in [0.2, 0.25) is 5.91 Å². The van der Waals surface area contributed by atoms with Gasteiger partial charge in [-0.05, 0) is 29.7 Å². The molecule has 0 bridgehead atoms. The maximum absolute atomic E-state index is 12.4. The summed E-state index contributed by atoms with van der Waals surface area (Å²) < 4.78 is 15.7. The standard InChI is InChI=1S/C20H27ClN2O5/c1-14(2)13-28-20(25)23-9-7-22(8-10-23)18(24)6-5-15-11-16(21)19(27-4)17(12-15)26-3/h5-6,11-12,14H,7-10,13H2,1-4H3/b6-5+. The minimum Gasteiger partial charge on any atom is -0.493 e. The highest BCUT2D eigenvalue weighted by Gasteiger charge is 2.24. The Morgan fingerprint density at radius 3 is 2.32 bits per heavy atom. The lowest BCUT2D eigenvalue weighted by atomic mass is 10.1. The number of benzene rings is 1. The van der Waals surface area contributed by atoms with E-state index in [0.29, 0.717) is 55.2 Å². The summed E-state index contributed by atoms with van der Waals surface area (Å²) in [4.78, 5) is 27.8. The summed E-state index contributed by atoms with van der Waals surface area (Å²) in [7, 11) is 3.04. The van der Waals surface area contributed by atoms with Crippen molar-refractivity contribution in [3.63, 3.8) is 0 Å². The zero-order valence-corrected chi connectivity index (χ0v) is 17.5. The van der Waals surface area contributed by atoms with Crippen LogP contribution in [0, 0.1) is 5.92 Å². The van der Waals surface area contributed by atoms with E-state index in [1.54, 1.807) is 28.0 Å². The second kappa shape index (κ2) is 10.2. The van der Waals surface area contributed by atoms with Gasteiger partial charge in [0.05, 0.1) is 25.8 Å². The molecule has 0 unspecified atom stereocenters. The van der Waals surface area contributed by atoms with Gasteiger partial charge in [-0.1, -0.05) is 25.4 Å². The Balaban J connectivity index is 1.92. The average Bonchev–Trinajstić information content (AvgIpc) is 2.69. The number of carbonyl (C=O) groups is 2. The molecule has 0 aliphatic carbocycles. The number of hydrogen-bond acceptors (Lipinski definition) is 5. The lowest BCUT2D eigenvalue weighted by Crippen LogP contribution is -2.50. The van der Waals surface area contributed by atoms with Crippen molar-refractivity contribution in [2.75, 3.05) is 47.0 Å². The molecule has 154 valence electrons. The van der Waals surface area contributed by atoms with Crippen LogP contribution >= 0.6 is 11.6 Å². The highest BCUT2D eigenvalue weighted by molar-refractivity contribution is 6.32. The van der Waals surface area contributed by atoms with Gasteiger partial charge in [0.1, 0.15) is 0 Å². The zero-order chi connectivity index (χ0) is 20.7. The number of rotatable bonds is 6. The molecule has 7 nitrogen and oxygen atoms in total. The normalized spacial score (nSPS) is 14.5. The first-order chi connectivity index (χ1) is 13.3. The number of halogens is 1. The Morgan fingerprint density at radius 1 is 1.11 bits per heavy atom. The van der Waals surface area contributed by atoms with E-state index >= 15 is 0 Å². The molecule has 0 spiro atoms. The Morgan fingerprint density at radius 2 is 1.75 bits per heavy atom. The predicted octanol–water partition coefficient (Wildman–Crippen LogP) is 3.31. The van der Waals surface area contributed by atoms with E-state index in [0.717, 1.165) is 5.56 Å². The van der Waals surface area contributed by atoms with Crippen molar-refractivity contribution in [2.45, 2.75) is 13.8 Å². The molecule has 0 N–H and O–H groups in total. The SMILES string of the molecule is COc1cc(/C=C/C(=O)N2CCN(C(=O)OCC(C)C)CC2)cc(Cl)c1OC. The van der Waals surface area contributed by atoms with Crippen LogP contribution in [0.1, 0.15) is 19.4 Å². The molecule has 0 aromatic heterocycles. The fraction of sp³-hybridized carbons (Fsp3) is 0.500. The number of carbonyl (C=O) groups excluding carboxylic acids is 2. The molecule has 1 aliphatic heterocycles. The molecule has 1 aromatic rings. The second-order valence-electron chi connectivity index (χ2n) is 6.85. The minimum absolute atomic E-state index is 0.124. The number of hydrogen-bond donors (Lipinski definition) is 0. The summed E-state index contributed by atoms with van der Waals surface area (Å²) in [6.07, 6.45) is 2.85. The van der Waals surface area contributed by atoms with Crippen LogP contribution in [0.5, 0.6) is 11.5 Å². The van der Waals surface area contributed by atoms with Gasteiger partial charge in [-0.25, -0.2) is 4.79 Å². The Bertz CT molecular complexity index is 728. The number of amides is 2. The van der Waals surface area contributed by atoms with Crippen molar-refractivity contribution in [3.8, 4) is 11.5 Å². The Kier molecular flexibility index (Phi) is 7.99. The van der Waals surface area contributed by atoms with Crippen molar-refractivity contribution in [1.82, 2.24) is 9.80 Å². The van der Waals surface area contributed by atoms with Crippen molar-refractivity contribution in [3.05, 3.63) is 28.8 Å². The van der Waals surface area contributed by atoms with Crippen LogP contribution < -0.4 is 9.47 Å². The van der Waals surface area contributed by atoms with Gasteiger partial charge in [-0.3, -0.25) is 4.79 Å². The van der Waals surface area contributed by atoms with Gasteiger partial charge in [0.25, 0.3) is 0 Å². The lowest BCUT2D eigenvalue weighted by Gasteiger charge is -2.33. The number of methoxy groups -OCH3 is 2. The maximum atomic E-state index is 12.4. The van der Waals surface area contributed by atoms with Crippen LogP contribution in [0.2, 0.25) is 5.02 Å². The van der Waals surface area contributed by atoms with Crippen LogP contribution in [-0.2, 0) is 9.53 Å². The Hall–Kier alpha value is -2.41.